The van der Waals surface area contributed by atoms with E-state index in [9.17, 15) is 13.2 Å². The summed E-state index contributed by atoms with van der Waals surface area (Å²) in [5, 5.41) is 8.99. The molecule has 0 bridgehead atoms. The third-order valence-corrected chi connectivity index (χ3v) is 5.09. The standard InChI is InChI=1S/C20H22F3N5S.HI/c1-2-24-19(27-12-9-17-28-16(13-29-17)20(21,22)23)26-11-8-15-6-3-5-14-7-4-10-25-18(14)15;/h3-7,10,13H,2,8-9,11-12H2,1H3,(H2,24,26,27);1H. The van der Waals surface area contributed by atoms with Gasteiger partial charge in [-0.05, 0) is 25.0 Å². The van der Waals surface area contributed by atoms with Crippen molar-refractivity contribution in [1.29, 1.82) is 0 Å². The molecule has 2 aromatic heterocycles. The van der Waals surface area contributed by atoms with Crippen LogP contribution >= 0.6 is 35.3 Å². The fraction of sp³-hybridized carbons (Fsp3) is 0.350. The first-order valence-corrected chi connectivity index (χ1v) is 10.2. The Hall–Kier alpha value is -1.95. The van der Waals surface area contributed by atoms with E-state index >= 15 is 0 Å². The van der Waals surface area contributed by atoms with Gasteiger partial charge in [0.1, 0.15) is 0 Å². The molecule has 0 aliphatic heterocycles. The normalized spacial score (nSPS) is 11.9. The summed E-state index contributed by atoms with van der Waals surface area (Å²) in [6.07, 6.45) is -1.47. The second kappa shape index (κ2) is 11.4. The van der Waals surface area contributed by atoms with Crippen LogP contribution in [0.2, 0.25) is 0 Å². The van der Waals surface area contributed by atoms with Gasteiger partial charge in [-0.2, -0.15) is 13.2 Å². The first kappa shape index (κ1) is 24.3. The molecule has 0 aliphatic rings. The van der Waals surface area contributed by atoms with Crippen molar-refractivity contribution in [3.8, 4) is 0 Å². The second-order valence-electron chi connectivity index (χ2n) is 6.30. The van der Waals surface area contributed by atoms with Crippen LogP contribution in [0.3, 0.4) is 0 Å². The number of aliphatic imine (C=N–C) groups is 1. The zero-order valence-electron chi connectivity index (χ0n) is 16.4. The molecule has 3 aromatic rings. The lowest BCUT2D eigenvalue weighted by atomic mass is 10.1. The Morgan fingerprint density at radius 2 is 1.93 bits per heavy atom. The molecular formula is C20H23F3IN5S. The number of thiazole rings is 1. The highest BCUT2D eigenvalue weighted by Crippen LogP contribution is 2.30. The summed E-state index contributed by atoms with van der Waals surface area (Å²) >= 11 is 1.01. The first-order chi connectivity index (χ1) is 14.0. The Bertz CT molecular complexity index is 969. The van der Waals surface area contributed by atoms with E-state index in [4.69, 9.17) is 0 Å². The predicted molar refractivity (Wildman–Crippen MR) is 126 cm³/mol. The van der Waals surface area contributed by atoms with Crippen LogP contribution < -0.4 is 10.6 Å². The van der Waals surface area contributed by atoms with Crippen LogP contribution in [0, 0.1) is 0 Å². The molecule has 30 heavy (non-hydrogen) atoms. The summed E-state index contributed by atoms with van der Waals surface area (Å²) in [5.41, 5.74) is 1.30. The van der Waals surface area contributed by atoms with E-state index in [1.807, 2.05) is 31.2 Å². The van der Waals surface area contributed by atoms with Gasteiger partial charge in [0.15, 0.2) is 11.7 Å². The molecule has 0 saturated heterocycles. The molecule has 1 aromatic carbocycles. The van der Waals surface area contributed by atoms with Gasteiger partial charge >= 0.3 is 6.18 Å². The lowest BCUT2D eigenvalue weighted by molar-refractivity contribution is -0.140. The van der Waals surface area contributed by atoms with Crippen molar-refractivity contribution in [3.05, 3.63) is 58.2 Å². The number of pyridine rings is 1. The Morgan fingerprint density at radius 3 is 2.67 bits per heavy atom. The molecule has 0 fully saturated rings. The number of nitrogens with one attached hydrogen (secondary N) is 2. The highest BCUT2D eigenvalue weighted by Gasteiger charge is 2.33. The third-order valence-electron chi connectivity index (χ3n) is 4.19. The van der Waals surface area contributed by atoms with Crippen LogP contribution in [-0.4, -0.2) is 35.6 Å². The van der Waals surface area contributed by atoms with Crippen molar-refractivity contribution < 1.29 is 13.2 Å². The van der Waals surface area contributed by atoms with E-state index in [0.717, 1.165) is 39.6 Å². The number of guanidine groups is 1. The molecule has 0 radical (unpaired) electrons. The fourth-order valence-corrected chi connectivity index (χ4v) is 3.64. The molecule has 0 aliphatic carbocycles. The molecule has 2 N–H and O–H groups in total. The average molecular weight is 549 g/mol. The van der Waals surface area contributed by atoms with E-state index in [1.54, 1.807) is 6.20 Å². The van der Waals surface area contributed by atoms with Crippen molar-refractivity contribution in [2.24, 2.45) is 4.99 Å². The molecule has 0 atom stereocenters. The minimum atomic E-state index is -4.40. The molecular weight excluding hydrogens is 526 g/mol. The largest absolute Gasteiger partial charge is 0.434 e. The maximum absolute atomic E-state index is 12.6. The van der Waals surface area contributed by atoms with E-state index < -0.39 is 11.9 Å². The van der Waals surface area contributed by atoms with Crippen molar-refractivity contribution in [2.45, 2.75) is 25.9 Å². The van der Waals surface area contributed by atoms with Crippen LogP contribution in [0.1, 0.15) is 23.2 Å². The van der Waals surface area contributed by atoms with Gasteiger partial charge in [-0.1, -0.05) is 24.3 Å². The van der Waals surface area contributed by atoms with E-state index in [2.05, 4.69) is 31.7 Å². The Morgan fingerprint density at radius 1 is 1.13 bits per heavy atom. The van der Waals surface area contributed by atoms with E-state index in [0.29, 0.717) is 37.0 Å². The van der Waals surface area contributed by atoms with Gasteiger partial charge in [-0.25, -0.2) is 4.98 Å². The van der Waals surface area contributed by atoms with E-state index in [-0.39, 0.29) is 24.0 Å². The van der Waals surface area contributed by atoms with Crippen molar-refractivity contribution in [2.75, 3.05) is 19.6 Å². The van der Waals surface area contributed by atoms with Gasteiger partial charge in [0.25, 0.3) is 0 Å². The van der Waals surface area contributed by atoms with Crippen LogP contribution in [0.4, 0.5) is 13.2 Å². The number of nitrogens with zero attached hydrogens (tertiary/aromatic N) is 3. The van der Waals surface area contributed by atoms with Crippen LogP contribution in [-0.2, 0) is 19.0 Å². The number of aromatic nitrogens is 2. The van der Waals surface area contributed by atoms with Gasteiger partial charge in [0.2, 0.25) is 0 Å². The number of rotatable bonds is 7. The average Bonchev–Trinajstić information content (AvgIpc) is 3.18. The molecule has 5 nitrogen and oxygen atoms in total. The maximum atomic E-state index is 12.6. The third kappa shape index (κ3) is 6.79. The molecule has 0 saturated carbocycles. The summed E-state index contributed by atoms with van der Waals surface area (Å²) in [4.78, 5) is 12.5. The summed E-state index contributed by atoms with van der Waals surface area (Å²) in [7, 11) is 0. The quantitative estimate of drug-likeness (QED) is 0.256. The van der Waals surface area contributed by atoms with Crippen molar-refractivity contribution in [1.82, 2.24) is 20.6 Å². The minimum Gasteiger partial charge on any atom is -0.357 e. The highest BCUT2D eigenvalue weighted by molar-refractivity contribution is 14.0. The summed E-state index contributed by atoms with van der Waals surface area (Å²) < 4.78 is 37.9. The maximum Gasteiger partial charge on any atom is 0.434 e. The SMILES string of the molecule is CCNC(=NCCc1nc(C(F)(F)F)cs1)NCCc1cccc2cccnc12.I. The molecule has 0 amide bonds. The summed E-state index contributed by atoms with van der Waals surface area (Å²) in [5.74, 6) is 0.633. The minimum absolute atomic E-state index is 0. The lowest BCUT2D eigenvalue weighted by Crippen LogP contribution is -2.38. The number of para-hydroxylation sites is 1. The number of hydrogen-bond donors (Lipinski definition) is 2. The summed E-state index contributed by atoms with van der Waals surface area (Å²) in [6, 6.07) is 10.1. The highest BCUT2D eigenvalue weighted by atomic mass is 127. The topological polar surface area (TPSA) is 62.2 Å². The van der Waals surface area contributed by atoms with Crippen molar-refractivity contribution in [3.63, 3.8) is 0 Å². The van der Waals surface area contributed by atoms with Crippen molar-refractivity contribution >= 4 is 52.2 Å². The Labute approximate surface area is 194 Å². The Balaban J connectivity index is 0.00000320. The van der Waals surface area contributed by atoms with Gasteiger partial charge in [0.05, 0.1) is 10.5 Å². The monoisotopic (exact) mass is 549 g/mol. The number of hydrogen-bond acceptors (Lipinski definition) is 4. The Kier molecular flexibility index (Phi) is 9.28. The van der Waals surface area contributed by atoms with Crippen LogP contribution in [0.15, 0.2) is 46.9 Å². The van der Waals surface area contributed by atoms with Gasteiger partial charge in [0, 0.05) is 43.0 Å². The zero-order valence-corrected chi connectivity index (χ0v) is 19.5. The van der Waals surface area contributed by atoms with Gasteiger partial charge in [-0.3, -0.25) is 9.98 Å². The van der Waals surface area contributed by atoms with Crippen LogP contribution in [0.5, 0.6) is 0 Å². The predicted octanol–water partition coefficient (Wildman–Crippen LogP) is 4.67. The lowest BCUT2D eigenvalue weighted by Gasteiger charge is -2.12. The molecule has 2 heterocycles. The first-order valence-electron chi connectivity index (χ1n) is 9.33. The molecule has 0 spiro atoms. The molecule has 162 valence electrons. The smallest absolute Gasteiger partial charge is 0.357 e. The number of alkyl halides is 3. The van der Waals surface area contributed by atoms with Gasteiger partial charge in [-0.15, -0.1) is 35.3 Å². The van der Waals surface area contributed by atoms with Crippen LogP contribution in [0.25, 0.3) is 10.9 Å². The zero-order chi connectivity index (χ0) is 20.7. The number of halogens is 4. The second-order valence-corrected chi connectivity index (χ2v) is 7.25. The molecule has 10 heteroatoms. The number of benzene rings is 1. The number of fused-ring (bicyclic) bond motifs is 1. The van der Waals surface area contributed by atoms with Gasteiger partial charge < -0.3 is 10.6 Å². The molecule has 0 unspecified atom stereocenters. The summed E-state index contributed by atoms with van der Waals surface area (Å²) in [6.45, 7) is 3.67. The van der Waals surface area contributed by atoms with E-state index in [1.165, 1.54) is 0 Å². The fourth-order valence-electron chi connectivity index (χ4n) is 2.85. The molecule has 3 rings (SSSR count).